The van der Waals surface area contributed by atoms with Crippen molar-refractivity contribution in [2.75, 3.05) is 13.7 Å². The number of nitrogens with one attached hydrogen (secondary N) is 4. The van der Waals surface area contributed by atoms with Gasteiger partial charge in [0.2, 0.25) is 0 Å². The van der Waals surface area contributed by atoms with Crippen molar-refractivity contribution >= 4 is 11.7 Å². The number of aliphatic hydroxyl groups is 2. The number of hydrogen-bond donors (Lipinski definition) is 8. The lowest BCUT2D eigenvalue weighted by molar-refractivity contribution is -0.00668. The largest absolute Gasteiger partial charge is 0.396 e. The Morgan fingerprint density at radius 3 is 2.45 bits per heavy atom. The molecule has 0 radical (unpaired) electrons. The quantitative estimate of drug-likeness (QED) is 0.180. The van der Waals surface area contributed by atoms with Crippen molar-refractivity contribution < 1.29 is 25.4 Å². The zero-order valence-corrected chi connectivity index (χ0v) is 12.1. The maximum atomic E-state index is 9.79. The van der Waals surface area contributed by atoms with Gasteiger partial charge in [0.25, 0.3) is 0 Å². The van der Waals surface area contributed by atoms with Crippen LogP contribution in [0.4, 0.5) is 0 Å². The van der Waals surface area contributed by atoms with Gasteiger partial charge in [-0.1, -0.05) is 0 Å². The molecule has 0 aliphatic rings. The van der Waals surface area contributed by atoms with Crippen LogP contribution in [0.3, 0.4) is 0 Å². The zero-order chi connectivity index (χ0) is 16.7. The average molecular weight is 315 g/mol. The first-order valence-electron chi connectivity index (χ1n) is 6.50. The molecule has 1 unspecified atom stereocenters. The second kappa shape index (κ2) is 8.46. The van der Waals surface area contributed by atoms with Gasteiger partial charge >= 0.3 is 0 Å². The van der Waals surface area contributed by atoms with Crippen molar-refractivity contribution in [1.82, 2.24) is 15.5 Å². The summed E-state index contributed by atoms with van der Waals surface area (Å²) in [5.41, 5.74) is 3.85. The fraction of sp³-hybridized carbons (Fsp3) is 0.500. The van der Waals surface area contributed by atoms with Crippen molar-refractivity contribution in [2.24, 2.45) is 0 Å². The topological polar surface area (TPSA) is 167 Å². The molecule has 0 saturated heterocycles. The molecule has 0 amide bonds. The number of hydroxylamine groups is 2. The van der Waals surface area contributed by atoms with Gasteiger partial charge in [-0.15, -0.1) is 0 Å². The van der Waals surface area contributed by atoms with E-state index in [1.54, 1.807) is 11.0 Å². The SMILES string of the molecule is COC(C[C@H](O)CCO)n1cc(C(=N)NO)cc1C(=N)NO. The Morgan fingerprint density at radius 1 is 1.32 bits per heavy atom. The number of aliphatic hydroxyl groups excluding tert-OH is 2. The Morgan fingerprint density at radius 2 is 1.95 bits per heavy atom. The minimum atomic E-state index is -0.819. The van der Waals surface area contributed by atoms with Crippen molar-refractivity contribution in [2.45, 2.75) is 25.2 Å². The number of nitrogens with zero attached hydrogens (tertiary/aromatic N) is 1. The van der Waals surface area contributed by atoms with Gasteiger partial charge in [0.15, 0.2) is 11.7 Å². The van der Waals surface area contributed by atoms with Crippen LogP contribution in [-0.4, -0.2) is 56.7 Å². The van der Waals surface area contributed by atoms with Gasteiger partial charge in [0.05, 0.1) is 11.8 Å². The number of hydrogen-bond acceptors (Lipinski definition) is 7. The first-order chi connectivity index (χ1) is 10.5. The molecule has 22 heavy (non-hydrogen) atoms. The first kappa shape index (κ1) is 18.1. The third-order valence-electron chi connectivity index (χ3n) is 3.14. The normalized spacial score (nSPS) is 13.5. The summed E-state index contributed by atoms with van der Waals surface area (Å²) in [7, 11) is 1.41. The minimum absolute atomic E-state index is 0.136. The summed E-state index contributed by atoms with van der Waals surface area (Å²) >= 11 is 0. The highest BCUT2D eigenvalue weighted by molar-refractivity contribution is 6.00. The molecular formula is C12H21N5O5. The van der Waals surface area contributed by atoms with E-state index >= 15 is 0 Å². The predicted molar refractivity (Wildman–Crippen MR) is 76.3 cm³/mol. The van der Waals surface area contributed by atoms with Crippen molar-refractivity contribution in [3.05, 3.63) is 23.5 Å². The van der Waals surface area contributed by atoms with Crippen LogP contribution in [0.15, 0.2) is 12.3 Å². The lowest BCUT2D eigenvalue weighted by atomic mass is 10.1. The molecule has 10 nitrogen and oxygen atoms in total. The summed E-state index contributed by atoms with van der Waals surface area (Å²) in [6.45, 7) is -0.172. The molecule has 0 aliphatic heterocycles. The van der Waals surface area contributed by atoms with Crippen LogP contribution in [0.1, 0.15) is 30.3 Å². The maximum absolute atomic E-state index is 9.79. The van der Waals surface area contributed by atoms with Gasteiger partial charge in [-0.25, -0.2) is 0 Å². The number of amidine groups is 2. The van der Waals surface area contributed by atoms with Gasteiger partial charge in [0.1, 0.15) is 6.23 Å². The van der Waals surface area contributed by atoms with E-state index < -0.39 is 12.3 Å². The molecule has 0 aliphatic carbocycles. The van der Waals surface area contributed by atoms with Gasteiger partial charge < -0.3 is 19.5 Å². The van der Waals surface area contributed by atoms with E-state index in [1.807, 2.05) is 0 Å². The molecule has 1 aromatic heterocycles. The summed E-state index contributed by atoms with van der Waals surface area (Å²) in [6.07, 6.45) is 0.238. The van der Waals surface area contributed by atoms with E-state index in [9.17, 15) is 5.11 Å². The fourth-order valence-electron chi connectivity index (χ4n) is 2.00. The van der Waals surface area contributed by atoms with E-state index in [-0.39, 0.29) is 42.4 Å². The Bertz CT molecular complexity index is 518. The molecule has 0 saturated carbocycles. The van der Waals surface area contributed by atoms with Gasteiger partial charge in [-0.05, 0) is 12.5 Å². The average Bonchev–Trinajstić information content (AvgIpc) is 2.96. The molecule has 2 atom stereocenters. The molecule has 1 aromatic rings. The lowest BCUT2D eigenvalue weighted by Gasteiger charge is -2.22. The number of aromatic nitrogens is 1. The third kappa shape index (κ3) is 4.26. The number of rotatable bonds is 8. The van der Waals surface area contributed by atoms with Crippen molar-refractivity contribution in [1.29, 1.82) is 10.8 Å². The van der Waals surface area contributed by atoms with Gasteiger partial charge in [-0.3, -0.25) is 32.2 Å². The highest BCUT2D eigenvalue weighted by Crippen LogP contribution is 2.21. The molecule has 10 heteroatoms. The molecule has 124 valence electrons. The van der Waals surface area contributed by atoms with Gasteiger partial charge in [0, 0.05) is 31.9 Å². The summed E-state index contributed by atoms with van der Waals surface area (Å²) in [5, 5.41) is 51.5. The number of methoxy groups -OCH3 is 1. The lowest BCUT2D eigenvalue weighted by Crippen LogP contribution is -2.26. The highest BCUT2D eigenvalue weighted by Gasteiger charge is 2.21. The highest BCUT2D eigenvalue weighted by atomic mass is 16.5. The molecule has 8 N–H and O–H groups in total. The van der Waals surface area contributed by atoms with E-state index in [4.69, 9.17) is 31.1 Å². The van der Waals surface area contributed by atoms with E-state index in [2.05, 4.69) is 0 Å². The molecule has 0 fully saturated rings. The van der Waals surface area contributed by atoms with Crippen molar-refractivity contribution in [3.63, 3.8) is 0 Å². The zero-order valence-electron chi connectivity index (χ0n) is 12.1. The molecular weight excluding hydrogens is 294 g/mol. The van der Waals surface area contributed by atoms with Crippen molar-refractivity contribution in [3.8, 4) is 0 Å². The summed E-state index contributed by atoms with van der Waals surface area (Å²) in [4.78, 5) is 0. The summed E-state index contributed by atoms with van der Waals surface area (Å²) in [6, 6.07) is 1.39. The van der Waals surface area contributed by atoms with Crippen LogP contribution in [0.25, 0.3) is 0 Å². The standard InChI is InChI=1S/C12H21N5O5/c1-22-10(5-8(19)2-3-18)17-6-7(11(13)15-20)4-9(17)12(14)16-21/h4,6,8,10,18-21H,2-3,5H2,1H3,(H2,13,15)(H2,14,16)/t8-,10?/m1/s1. The van der Waals surface area contributed by atoms with E-state index in [0.717, 1.165) is 0 Å². The predicted octanol–water partition coefficient (Wildman–Crippen LogP) is -0.625. The van der Waals surface area contributed by atoms with Crippen LogP contribution in [0.5, 0.6) is 0 Å². The molecule has 0 spiro atoms. The Hall–Kier alpha value is -1.98. The summed E-state index contributed by atoms with van der Waals surface area (Å²) in [5.74, 6) is -0.632. The minimum Gasteiger partial charge on any atom is -0.396 e. The Kier molecular flexibility index (Phi) is 6.95. The van der Waals surface area contributed by atoms with Crippen LogP contribution >= 0.6 is 0 Å². The molecule has 1 rings (SSSR count). The van der Waals surface area contributed by atoms with Crippen LogP contribution in [0, 0.1) is 10.8 Å². The van der Waals surface area contributed by atoms with E-state index in [1.165, 1.54) is 23.9 Å². The number of ether oxygens (including phenoxy) is 1. The van der Waals surface area contributed by atoms with Crippen LogP contribution in [0.2, 0.25) is 0 Å². The van der Waals surface area contributed by atoms with Crippen LogP contribution < -0.4 is 11.0 Å². The van der Waals surface area contributed by atoms with Crippen LogP contribution in [-0.2, 0) is 4.74 Å². The third-order valence-corrected chi connectivity index (χ3v) is 3.14. The second-order valence-corrected chi connectivity index (χ2v) is 4.59. The molecule has 1 heterocycles. The Balaban J connectivity index is 3.14. The summed E-state index contributed by atoms with van der Waals surface area (Å²) < 4.78 is 6.72. The first-order valence-corrected chi connectivity index (χ1v) is 6.50. The maximum Gasteiger partial charge on any atom is 0.166 e. The Labute approximate surface area is 126 Å². The monoisotopic (exact) mass is 315 g/mol. The fourth-order valence-corrected chi connectivity index (χ4v) is 2.00. The molecule has 0 bridgehead atoms. The molecule has 0 aromatic carbocycles. The van der Waals surface area contributed by atoms with E-state index in [0.29, 0.717) is 0 Å². The van der Waals surface area contributed by atoms with Gasteiger partial charge in [-0.2, -0.15) is 0 Å². The smallest absolute Gasteiger partial charge is 0.166 e. The second-order valence-electron chi connectivity index (χ2n) is 4.59.